The minimum atomic E-state index is -1.60. The van der Waals surface area contributed by atoms with Crippen molar-refractivity contribution in [1.29, 1.82) is 0 Å². The van der Waals surface area contributed by atoms with E-state index in [0.717, 1.165) is 6.42 Å². The molecule has 0 radical (unpaired) electrons. The number of nitrogens with one attached hydrogen (secondary N) is 1. The number of benzene rings is 1. The lowest BCUT2D eigenvalue weighted by Crippen LogP contribution is -2.39. The van der Waals surface area contributed by atoms with Crippen LogP contribution in [0.1, 0.15) is 107 Å². The Morgan fingerprint density at radius 1 is 1.07 bits per heavy atom. The van der Waals surface area contributed by atoms with Crippen molar-refractivity contribution in [2.75, 3.05) is 0 Å². The summed E-state index contributed by atoms with van der Waals surface area (Å²) in [6.07, 6.45) is 2.39. The molecule has 30 heavy (non-hydrogen) atoms. The first-order valence-corrected chi connectivity index (χ1v) is 11.8. The third kappa shape index (κ3) is 5.23. The average Bonchev–Trinajstić information content (AvgIpc) is 2.87. The molecule has 1 aliphatic rings. The lowest BCUT2D eigenvalue weighted by molar-refractivity contribution is -0.120. The fourth-order valence-corrected chi connectivity index (χ4v) is 4.71. The van der Waals surface area contributed by atoms with E-state index in [9.17, 15) is 4.79 Å². The number of halogens is 2. The average molecular weight is 454 g/mol. The molecule has 1 heterocycles. The number of ether oxygens (including phenoxy) is 1. The van der Waals surface area contributed by atoms with Crippen LogP contribution in [0.15, 0.2) is 24.8 Å². The molecule has 168 valence electrons. The highest BCUT2D eigenvalue weighted by Gasteiger charge is 2.54. The van der Waals surface area contributed by atoms with Crippen LogP contribution in [0.4, 0.5) is 0 Å². The highest BCUT2D eigenvalue weighted by atomic mass is 35.5. The van der Waals surface area contributed by atoms with Crippen molar-refractivity contribution in [2.24, 2.45) is 0 Å². The zero-order valence-electron chi connectivity index (χ0n) is 19.4. The Hall–Kier alpha value is -1.03. The van der Waals surface area contributed by atoms with Crippen LogP contribution in [-0.4, -0.2) is 22.4 Å². The normalized spacial score (nSPS) is 22.1. The van der Waals surface area contributed by atoms with Crippen LogP contribution in [-0.2, 0) is 9.53 Å². The molecule has 5 heteroatoms. The lowest BCUT2D eigenvalue weighted by Gasteiger charge is -2.32. The van der Waals surface area contributed by atoms with E-state index >= 15 is 0 Å². The third-order valence-electron chi connectivity index (χ3n) is 5.96. The number of carbonyl (C=O) groups excluding carboxylic acids is 1. The van der Waals surface area contributed by atoms with Crippen LogP contribution in [0.25, 0.3) is 0 Å². The largest absolute Gasteiger partial charge is 0.365 e. The predicted octanol–water partition coefficient (Wildman–Crippen LogP) is 7.14. The third-order valence-corrected chi connectivity index (χ3v) is 6.73. The monoisotopic (exact) mass is 453 g/mol. The number of alkyl halides is 2. The molecule has 0 spiro atoms. The van der Waals surface area contributed by atoms with Crippen molar-refractivity contribution in [3.8, 4) is 0 Å². The minimum absolute atomic E-state index is 0.243. The Bertz CT molecular complexity index is 741. The Labute approximate surface area is 192 Å². The zero-order valence-corrected chi connectivity index (χ0v) is 20.9. The van der Waals surface area contributed by atoms with Gasteiger partial charge in [-0.2, -0.15) is 0 Å². The molecule has 1 N–H and O–H groups in total. The predicted molar refractivity (Wildman–Crippen MR) is 128 cm³/mol. The van der Waals surface area contributed by atoms with Crippen LogP contribution in [0.2, 0.25) is 0 Å². The van der Waals surface area contributed by atoms with Crippen LogP contribution in [0.3, 0.4) is 0 Å². The van der Waals surface area contributed by atoms with Gasteiger partial charge in [0.05, 0.1) is 12.1 Å². The summed E-state index contributed by atoms with van der Waals surface area (Å²) in [5, 5.41) is 2.91. The molecule has 1 aromatic rings. The van der Waals surface area contributed by atoms with E-state index in [1.807, 2.05) is 13.0 Å². The lowest BCUT2D eigenvalue weighted by atomic mass is 9.82. The molecule has 3 atom stereocenters. The van der Waals surface area contributed by atoms with Gasteiger partial charge in [-0.15, -0.1) is 6.58 Å². The van der Waals surface area contributed by atoms with E-state index in [2.05, 4.69) is 65.6 Å². The molecule has 1 fully saturated rings. The molecule has 0 unspecified atom stereocenters. The highest BCUT2D eigenvalue weighted by molar-refractivity contribution is 6.59. The van der Waals surface area contributed by atoms with Gasteiger partial charge in [-0.25, -0.2) is 0 Å². The standard InChI is InChI=1S/C25H37Cl2NO2/c1-9-10-11-21-23(25(26,27)24(29)28-21)30-17(8)22-19(15(4)5)12-18(14(2)3)13-20(22)16(6)7/h9,12-17,21,23H,1,10-11H2,2-8H3,(H,28,29)/t17-,21+,23-/m1/s1. The second-order valence-electron chi connectivity index (χ2n) is 9.34. The summed E-state index contributed by atoms with van der Waals surface area (Å²) in [5.74, 6) is 0.752. The fourth-order valence-electron chi connectivity index (χ4n) is 4.19. The Balaban J connectivity index is 2.49. The number of amides is 1. The van der Waals surface area contributed by atoms with Crippen molar-refractivity contribution in [3.63, 3.8) is 0 Å². The molecule has 0 aliphatic carbocycles. The number of rotatable bonds is 9. The zero-order chi connectivity index (χ0) is 22.8. The first kappa shape index (κ1) is 25.2. The van der Waals surface area contributed by atoms with Crippen molar-refractivity contribution in [1.82, 2.24) is 5.32 Å². The van der Waals surface area contributed by atoms with Crippen LogP contribution < -0.4 is 5.32 Å². The van der Waals surface area contributed by atoms with Crippen molar-refractivity contribution in [2.45, 2.75) is 102 Å². The summed E-state index contributed by atoms with van der Waals surface area (Å²) in [4.78, 5) is 12.4. The van der Waals surface area contributed by atoms with Crippen LogP contribution in [0, 0.1) is 0 Å². The molecule has 1 aliphatic heterocycles. The Morgan fingerprint density at radius 2 is 1.60 bits per heavy atom. The van der Waals surface area contributed by atoms with Gasteiger partial charge in [-0.3, -0.25) is 4.79 Å². The molecule has 0 saturated carbocycles. The minimum Gasteiger partial charge on any atom is -0.365 e. The van der Waals surface area contributed by atoms with Gasteiger partial charge in [0.2, 0.25) is 4.33 Å². The summed E-state index contributed by atoms with van der Waals surface area (Å²) in [5.41, 5.74) is 5.10. The van der Waals surface area contributed by atoms with Crippen molar-refractivity contribution in [3.05, 3.63) is 47.0 Å². The molecule has 2 rings (SSSR count). The molecule has 0 bridgehead atoms. The van der Waals surface area contributed by atoms with E-state index in [-0.39, 0.29) is 18.1 Å². The SMILES string of the molecule is C=CCC[C@@H]1NC(=O)C(Cl)(Cl)[C@@H]1O[C@H](C)c1c(C(C)C)cc(C(C)C)cc1C(C)C. The van der Waals surface area contributed by atoms with E-state index in [1.54, 1.807) is 0 Å². The van der Waals surface area contributed by atoms with Crippen molar-refractivity contribution < 1.29 is 9.53 Å². The number of hydrogen-bond acceptors (Lipinski definition) is 2. The maximum atomic E-state index is 12.4. The molecule has 3 nitrogen and oxygen atoms in total. The Morgan fingerprint density at radius 3 is 2.03 bits per heavy atom. The highest BCUT2D eigenvalue weighted by Crippen LogP contribution is 2.42. The molecular formula is C25H37Cl2NO2. The molecule has 1 aromatic carbocycles. The first-order chi connectivity index (χ1) is 13.9. The molecule has 1 saturated heterocycles. The number of carbonyl (C=O) groups is 1. The van der Waals surface area contributed by atoms with Gasteiger partial charge in [0, 0.05) is 0 Å². The van der Waals surface area contributed by atoms with Gasteiger partial charge in [-0.1, -0.05) is 83.0 Å². The number of hydrogen-bond donors (Lipinski definition) is 1. The summed E-state index contributed by atoms with van der Waals surface area (Å²) < 4.78 is 4.89. The quantitative estimate of drug-likeness (QED) is 0.318. The maximum absolute atomic E-state index is 12.4. The second-order valence-corrected chi connectivity index (χ2v) is 10.7. The summed E-state index contributed by atoms with van der Waals surface area (Å²) in [6.45, 7) is 19.1. The molecule has 0 aromatic heterocycles. The number of allylic oxidation sites excluding steroid dienone is 1. The van der Waals surface area contributed by atoms with Gasteiger partial charge in [0.15, 0.2) is 0 Å². The van der Waals surface area contributed by atoms with Crippen LogP contribution in [0.5, 0.6) is 0 Å². The summed E-state index contributed by atoms with van der Waals surface area (Å²) >= 11 is 12.9. The topological polar surface area (TPSA) is 38.3 Å². The van der Waals surface area contributed by atoms with Gasteiger partial charge in [0.1, 0.15) is 6.10 Å². The second kappa shape index (κ2) is 10.1. The van der Waals surface area contributed by atoms with Gasteiger partial charge < -0.3 is 10.1 Å². The van der Waals surface area contributed by atoms with E-state index in [1.165, 1.54) is 22.3 Å². The maximum Gasteiger partial charge on any atom is 0.259 e. The summed E-state index contributed by atoms with van der Waals surface area (Å²) in [6, 6.07) is 4.37. The summed E-state index contributed by atoms with van der Waals surface area (Å²) in [7, 11) is 0. The first-order valence-electron chi connectivity index (χ1n) is 11.0. The van der Waals surface area contributed by atoms with Crippen LogP contribution >= 0.6 is 23.2 Å². The van der Waals surface area contributed by atoms with E-state index in [0.29, 0.717) is 24.2 Å². The van der Waals surface area contributed by atoms with Gasteiger partial charge >= 0.3 is 0 Å². The van der Waals surface area contributed by atoms with E-state index in [4.69, 9.17) is 27.9 Å². The molecular weight excluding hydrogens is 417 g/mol. The molecule has 1 amide bonds. The van der Waals surface area contributed by atoms with Gasteiger partial charge in [-0.05, 0) is 59.8 Å². The van der Waals surface area contributed by atoms with Crippen molar-refractivity contribution >= 4 is 29.1 Å². The Kier molecular flexibility index (Phi) is 8.46. The van der Waals surface area contributed by atoms with E-state index < -0.39 is 10.4 Å². The fraction of sp³-hybridized carbons (Fsp3) is 0.640. The smallest absolute Gasteiger partial charge is 0.259 e. The van der Waals surface area contributed by atoms with Gasteiger partial charge in [0.25, 0.3) is 5.91 Å².